The Balaban J connectivity index is 1.44. The monoisotopic (exact) mass is 486 g/mol. The van der Waals surface area contributed by atoms with Crippen LogP contribution in [0, 0.1) is 6.92 Å². The quantitative estimate of drug-likeness (QED) is 0.173. The summed E-state index contributed by atoms with van der Waals surface area (Å²) in [6.07, 6.45) is 4.79. The number of hydrogen-bond donors (Lipinski definition) is 4. The molecule has 1 amide bonds. The van der Waals surface area contributed by atoms with Gasteiger partial charge in [-0.3, -0.25) is 10.0 Å². The number of amides is 1. The van der Waals surface area contributed by atoms with Crippen LogP contribution >= 0.6 is 11.8 Å². The van der Waals surface area contributed by atoms with E-state index < -0.39 is 0 Å². The summed E-state index contributed by atoms with van der Waals surface area (Å²) in [6.45, 7) is 4.71. The Labute approximate surface area is 202 Å². The molecule has 0 fully saturated rings. The molecule has 0 atom stereocenters. The van der Waals surface area contributed by atoms with Crippen molar-refractivity contribution >= 4 is 34.5 Å². The zero-order valence-electron chi connectivity index (χ0n) is 19.4. The summed E-state index contributed by atoms with van der Waals surface area (Å²) in [4.78, 5) is 21.5. The third-order valence-electron chi connectivity index (χ3n) is 5.63. The van der Waals surface area contributed by atoms with Gasteiger partial charge in [0.05, 0.1) is 5.52 Å². The Morgan fingerprint density at radius 2 is 2.03 bits per heavy atom. The number of pyridine rings is 1. The topological polar surface area (TPSA) is 123 Å². The molecule has 1 aromatic carbocycles. The molecule has 4 rings (SSSR count). The number of fused-ring (bicyclic) bond motifs is 2. The third kappa shape index (κ3) is 5.54. The SMILES string of the molecule is CNc1nccc2c1nc(Sc1cc3c(cc1C)OCO3)n2CCNCCCCCC(=O)NO. The van der Waals surface area contributed by atoms with E-state index in [0.29, 0.717) is 6.42 Å². The maximum Gasteiger partial charge on any atom is 0.243 e. The predicted octanol–water partition coefficient (Wildman–Crippen LogP) is 3.32. The molecule has 3 aromatic rings. The van der Waals surface area contributed by atoms with Crippen molar-refractivity contribution < 1.29 is 19.5 Å². The fourth-order valence-electron chi connectivity index (χ4n) is 3.83. The van der Waals surface area contributed by atoms with Crippen LogP contribution in [0.4, 0.5) is 5.82 Å². The van der Waals surface area contributed by atoms with Gasteiger partial charge < -0.3 is 24.7 Å². The van der Waals surface area contributed by atoms with Crippen molar-refractivity contribution in [3.8, 4) is 11.5 Å². The molecule has 4 N–H and O–H groups in total. The maximum absolute atomic E-state index is 11.1. The van der Waals surface area contributed by atoms with Crippen LogP contribution in [0.1, 0.15) is 31.2 Å². The molecule has 0 radical (unpaired) electrons. The summed E-state index contributed by atoms with van der Waals surface area (Å²) in [5.41, 5.74) is 4.64. The Morgan fingerprint density at radius 1 is 1.21 bits per heavy atom. The first-order valence-corrected chi connectivity index (χ1v) is 12.2. The minimum Gasteiger partial charge on any atom is -0.454 e. The molecule has 10 nitrogen and oxygen atoms in total. The van der Waals surface area contributed by atoms with E-state index in [1.165, 1.54) is 0 Å². The van der Waals surface area contributed by atoms with Crippen molar-refractivity contribution in [2.45, 2.75) is 49.2 Å². The van der Waals surface area contributed by atoms with Gasteiger partial charge in [0.15, 0.2) is 22.5 Å². The first kappa shape index (κ1) is 24.1. The molecular weight excluding hydrogens is 456 g/mol. The number of nitrogens with zero attached hydrogens (tertiary/aromatic N) is 3. The summed E-state index contributed by atoms with van der Waals surface area (Å²) in [5.74, 6) is 1.95. The van der Waals surface area contributed by atoms with Crippen LogP contribution in [0.3, 0.4) is 0 Å². The molecule has 1 aliphatic heterocycles. The van der Waals surface area contributed by atoms with E-state index in [4.69, 9.17) is 19.7 Å². The summed E-state index contributed by atoms with van der Waals surface area (Å²) in [5, 5.41) is 16.0. The zero-order chi connectivity index (χ0) is 23.9. The van der Waals surface area contributed by atoms with Crippen LogP contribution in [-0.4, -0.2) is 52.6 Å². The summed E-state index contributed by atoms with van der Waals surface area (Å²) < 4.78 is 13.3. The van der Waals surface area contributed by atoms with Gasteiger partial charge in [-0.25, -0.2) is 15.4 Å². The van der Waals surface area contributed by atoms with Crippen LogP contribution in [0.15, 0.2) is 34.4 Å². The van der Waals surface area contributed by atoms with Crippen LogP contribution in [-0.2, 0) is 11.3 Å². The number of nitrogens with one attached hydrogen (secondary N) is 3. The highest BCUT2D eigenvalue weighted by Gasteiger charge is 2.20. The van der Waals surface area contributed by atoms with E-state index in [1.54, 1.807) is 23.4 Å². The fraction of sp³-hybridized carbons (Fsp3) is 0.435. The predicted molar refractivity (Wildman–Crippen MR) is 130 cm³/mol. The standard InChI is InChI=1S/C23H30N6O4S/c1-15-12-17-18(33-14-32-17)13-19(15)34-23-27-21-16(7-9-26-22(21)24-2)29(23)11-10-25-8-5-3-4-6-20(30)28-31/h7,9,12-13,25,31H,3-6,8,10-11,14H2,1-2H3,(H,24,26)(H,28,30). The van der Waals surface area contributed by atoms with Gasteiger partial charge in [0.1, 0.15) is 5.52 Å². The number of anilines is 1. The minimum absolute atomic E-state index is 0.249. The van der Waals surface area contributed by atoms with E-state index in [0.717, 1.165) is 82.9 Å². The molecular formula is C23H30N6O4S. The van der Waals surface area contributed by atoms with E-state index in [2.05, 4.69) is 27.1 Å². The van der Waals surface area contributed by atoms with E-state index in [-0.39, 0.29) is 12.7 Å². The van der Waals surface area contributed by atoms with Gasteiger partial charge in [-0.2, -0.15) is 0 Å². The summed E-state index contributed by atoms with van der Waals surface area (Å²) in [7, 11) is 1.85. The number of rotatable bonds is 12. The third-order valence-corrected chi connectivity index (χ3v) is 6.79. The molecule has 0 bridgehead atoms. The number of unbranched alkanes of at least 4 members (excludes halogenated alkanes) is 2. The van der Waals surface area contributed by atoms with Gasteiger partial charge in [-0.1, -0.05) is 18.2 Å². The Bertz CT molecular complexity index is 1150. The molecule has 1 aliphatic rings. The molecule has 11 heteroatoms. The number of carbonyl (C=O) groups excluding carboxylic acids is 1. The first-order chi connectivity index (χ1) is 16.6. The molecule has 3 heterocycles. The lowest BCUT2D eigenvalue weighted by atomic mass is 10.2. The highest BCUT2D eigenvalue weighted by molar-refractivity contribution is 7.99. The van der Waals surface area contributed by atoms with Crippen molar-refractivity contribution in [1.82, 2.24) is 25.3 Å². The van der Waals surface area contributed by atoms with Crippen LogP contribution < -0.4 is 25.6 Å². The number of aryl methyl sites for hydroxylation is 1. The Kier molecular flexibility index (Phi) is 8.09. The van der Waals surface area contributed by atoms with Crippen LogP contribution in [0.2, 0.25) is 0 Å². The number of aromatic nitrogens is 3. The van der Waals surface area contributed by atoms with Crippen LogP contribution in [0.5, 0.6) is 11.5 Å². The van der Waals surface area contributed by atoms with Crippen molar-refractivity contribution in [3.63, 3.8) is 0 Å². The van der Waals surface area contributed by atoms with Crippen molar-refractivity contribution in [3.05, 3.63) is 30.0 Å². The number of ether oxygens (including phenoxy) is 2. The van der Waals surface area contributed by atoms with Gasteiger partial charge in [-0.05, 0) is 50.1 Å². The van der Waals surface area contributed by atoms with Gasteiger partial charge in [0.2, 0.25) is 12.7 Å². The van der Waals surface area contributed by atoms with Crippen LogP contribution in [0.25, 0.3) is 11.0 Å². The number of carbonyl (C=O) groups is 1. The maximum atomic E-state index is 11.1. The van der Waals surface area contributed by atoms with Crippen molar-refractivity contribution in [2.24, 2.45) is 0 Å². The fourth-order valence-corrected chi connectivity index (χ4v) is 4.84. The van der Waals surface area contributed by atoms with E-state index in [1.807, 2.05) is 25.2 Å². The summed E-state index contributed by atoms with van der Waals surface area (Å²) in [6, 6.07) is 6.01. The lowest BCUT2D eigenvalue weighted by Crippen LogP contribution is -2.21. The molecule has 0 saturated heterocycles. The highest BCUT2D eigenvalue weighted by Crippen LogP contribution is 2.41. The lowest BCUT2D eigenvalue weighted by molar-refractivity contribution is -0.129. The number of imidazole rings is 1. The second kappa shape index (κ2) is 11.4. The Hall–Kier alpha value is -3.02. The smallest absolute Gasteiger partial charge is 0.243 e. The number of hydrogen-bond acceptors (Lipinski definition) is 9. The van der Waals surface area contributed by atoms with Gasteiger partial charge in [0, 0.05) is 37.7 Å². The molecule has 2 aromatic heterocycles. The Morgan fingerprint density at radius 3 is 2.82 bits per heavy atom. The molecule has 34 heavy (non-hydrogen) atoms. The lowest BCUT2D eigenvalue weighted by Gasteiger charge is -2.11. The second-order valence-electron chi connectivity index (χ2n) is 7.99. The average Bonchev–Trinajstić information content (AvgIpc) is 3.44. The summed E-state index contributed by atoms with van der Waals surface area (Å²) >= 11 is 1.61. The number of benzene rings is 1. The average molecular weight is 487 g/mol. The van der Waals surface area contributed by atoms with E-state index >= 15 is 0 Å². The molecule has 182 valence electrons. The largest absolute Gasteiger partial charge is 0.454 e. The molecule has 0 saturated carbocycles. The molecule has 0 spiro atoms. The van der Waals surface area contributed by atoms with Crippen molar-refractivity contribution in [2.75, 3.05) is 32.2 Å². The van der Waals surface area contributed by atoms with Crippen molar-refractivity contribution in [1.29, 1.82) is 0 Å². The second-order valence-corrected chi connectivity index (χ2v) is 9.00. The van der Waals surface area contributed by atoms with Gasteiger partial charge in [-0.15, -0.1) is 0 Å². The van der Waals surface area contributed by atoms with Gasteiger partial charge >= 0.3 is 0 Å². The minimum atomic E-state index is -0.335. The number of hydroxylamine groups is 1. The molecule has 0 aliphatic carbocycles. The highest BCUT2D eigenvalue weighted by atomic mass is 32.2. The zero-order valence-corrected chi connectivity index (χ0v) is 20.2. The first-order valence-electron chi connectivity index (χ1n) is 11.4. The van der Waals surface area contributed by atoms with E-state index in [9.17, 15) is 4.79 Å². The van der Waals surface area contributed by atoms with Gasteiger partial charge in [0.25, 0.3) is 0 Å². The normalized spacial score (nSPS) is 12.3. The molecule has 0 unspecified atom stereocenters.